The molecule has 2 N–H and O–H groups in total. The van der Waals surface area contributed by atoms with Gasteiger partial charge in [-0.05, 0) is 28.7 Å². The van der Waals surface area contributed by atoms with Gasteiger partial charge in [0.15, 0.2) is 0 Å². The molecule has 0 fully saturated rings. The number of nitrogens with zero attached hydrogens (tertiary/aromatic N) is 1. The Kier molecular flexibility index (Phi) is 2.80. The van der Waals surface area contributed by atoms with Crippen LogP contribution in [0.15, 0.2) is 12.1 Å². The fraction of sp³-hybridized carbons (Fsp3) is 0. The van der Waals surface area contributed by atoms with Crippen LogP contribution in [0, 0.1) is 9.65 Å². The largest absolute Gasteiger partial charge is 0.493 e. The first-order valence-electron chi connectivity index (χ1n) is 2.79. The average Bonchev–Trinajstić information content (AvgIpc) is 1.85. The highest BCUT2D eigenvalue weighted by Gasteiger charge is 2.16. The number of aromatic nitrogens is 1. The summed E-state index contributed by atoms with van der Waals surface area (Å²) in [6, 6.07) is 2.78. The summed E-state index contributed by atoms with van der Waals surface area (Å²) in [5, 5.41) is 17.1. The van der Waals surface area contributed by atoms with Crippen LogP contribution in [0.4, 0.5) is 4.39 Å². The van der Waals surface area contributed by atoms with Gasteiger partial charge in [0.2, 0.25) is 5.95 Å². The Morgan fingerprint density at radius 2 is 2.09 bits per heavy atom. The van der Waals surface area contributed by atoms with Gasteiger partial charge in [0.05, 0.1) is 0 Å². The van der Waals surface area contributed by atoms with Gasteiger partial charge in [0, 0.05) is 5.46 Å². The molecule has 1 aromatic heterocycles. The number of rotatable bonds is 1. The fourth-order valence-corrected chi connectivity index (χ4v) is 1.01. The first kappa shape index (κ1) is 8.89. The third-order valence-corrected chi connectivity index (χ3v) is 1.72. The summed E-state index contributed by atoms with van der Waals surface area (Å²) in [6.45, 7) is 0. The molecule has 0 amide bonds. The summed E-state index contributed by atoms with van der Waals surface area (Å²) in [5.41, 5.74) is -0.203. The van der Waals surface area contributed by atoms with E-state index in [1.807, 2.05) is 22.6 Å². The van der Waals surface area contributed by atoms with Crippen molar-refractivity contribution >= 4 is 35.2 Å². The first-order valence-corrected chi connectivity index (χ1v) is 3.87. The molecule has 0 unspecified atom stereocenters. The first-order chi connectivity index (χ1) is 5.11. The summed E-state index contributed by atoms with van der Waals surface area (Å²) in [4.78, 5) is 3.39. The van der Waals surface area contributed by atoms with Crippen molar-refractivity contribution in [3.8, 4) is 0 Å². The van der Waals surface area contributed by atoms with E-state index in [4.69, 9.17) is 10.0 Å². The Labute approximate surface area is 76.6 Å². The zero-order valence-electron chi connectivity index (χ0n) is 5.33. The van der Waals surface area contributed by atoms with Crippen LogP contribution in [0.1, 0.15) is 0 Å². The Bertz CT molecular complexity index is 271. The maximum absolute atomic E-state index is 12.7. The van der Waals surface area contributed by atoms with Crippen molar-refractivity contribution in [1.29, 1.82) is 0 Å². The van der Waals surface area contributed by atoms with Crippen molar-refractivity contribution in [3.63, 3.8) is 0 Å². The molecule has 58 valence electrons. The van der Waals surface area contributed by atoms with Gasteiger partial charge in [0.1, 0.15) is 3.70 Å². The highest BCUT2D eigenvalue weighted by molar-refractivity contribution is 14.1. The molecule has 0 saturated heterocycles. The fourth-order valence-electron chi connectivity index (χ4n) is 0.615. The molecular formula is C5H4BFINO2. The molecule has 11 heavy (non-hydrogen) atoms. The van der Waals surface area contributed by atoms with Crippen LogP contribution < -0.4 is 5.46 Å². The predicted octanol–water partition coefficient (Wildman–Crippen LogP) is -0.495. The molecule has 0 aliphatic carbocycles. The lowest BCUT2D eigenvalue weighted by Gasteiger charge is -1.99. The van der Waals surface area contributed by atoms with E-state index in [1.54, 1.807) is 0 Å². The predicted molar refractivity (Wildman–Crippen MR) is 46.7 cm³/mol. The van der Waals surface area contributed by atoms with Crippen molar-refractivity contribution < 1.29 is 14.4 Å². The van der Waals surface area contributed by atoms with Gasteiger partial charge < -0.3 is 10.0 Å². The number of hydrogen-bond donors (Lipinski definition) is 2. The second-order valence-corrected chi connectivity index (χ2v) is 2.99. The normalized spacial score (nSPS) is 9.82. The summed E-state index contributed by atoms with van der Waals surface area (Å²) in [5.74, 6) is -0.841. The Morgan fingerprint density at radius 3 is 2.55 bits per heavy atom. The molecule has 0 aliphatic rings. The summed E-state index contributed by atoms with van der Waals surface area (Å²) >= 11 is 1.83. The molecule has 1 rings (SSSR count). The Hall–Kier alpha value is -0.205. The van der Waals surface area contributed by atoms with Crippen LogP contribution in [0.2, 0.25) is 0 Å². The van der Waals surface area contributed by atoms with Gasteiger partial charge in [-0.2, -0.15) is 4.39 Å². The average molecular weight is 267 g/mol. The maximum atomic E-state index is 12.7. The molecule has 0 aliphatic heterocycles. The van der Waals surface area contributed by atoms with Gasteiger partial charge in [-0.15, -0.1) is 0 Å². The molecule has 0 aromatic carbocycles. The van der Waals surface area contributed by atoms with Crippen molar-refractivity contribution in [2.45, 2.75) is 0 Å². The number of pyridine rings is 1. The van der Waals surface area contributed by atoms with E-state index in [9.17, 15) is 4.39 Å². The van der Waals surface area contributed by atoms with Crippen LogP contribution in [0.25, 0.3) is 0 Å². The molecular weight excluding hydrogens is 263 g/mol. The molecule has 1 aromatic rings. The van der Waals surface area contributed by atoms with Crippen molar-refractivity contribution in [1.82, 2.24) is 4.98 Å². The third kappa shape index (κ3) is 2.11. The van der Waals surface area contributed by atoms with Crippen molar-refractivity contribution in [2.75, 3.05) is 0 Å². The summed E-state index contributed by atoms with van der Waals surface area (Å²) < 4.78 is 13.1. The SMILES string of the molecule is OB(O)c1ccc(I)nc1F. The quantitative estimate of drug-likeness (QED) is 0.410. The van der Waals surface area contributed by atoms with Gasteiger partial charge in [-0.1, -0.05) is 6.07 Å². The van der Waals surface area contributed by atoms with Crippen molar-refractivity contribution in [3.05, 3.63) is 21.8 Å². The van der Waals surface area contributed by atoms with Gasteiger partial charge in [-0.25, -0.2) is 4.98 Å². The molecule has 0 spiro atoms. The number of hydrogen-bond acceptors (Lipinski definition) is 3. The molecule has 0 radical (unpaired) electrons. The van der Waals surface area contributed by atoms with E-state index < -0.39 is 13.1 Å². The number of halogens is 2. The smallest absolute Gasteiger partial charge is 0.423 e. The summed E-state index contributed by atoms with van der Waals surface area (Å²) in [6.07, 6.45) is 0. The topological polar surface area (TPSA) is 53.4 Å². The van der Waals surface area contributed by atoms with Crippen LogP contribution in [-0.4, -0.2) is 22.2 Å². The van der Waals surface area contributed by atoms with Crippen LogP contribution in [0.5, 0.6) is 0 Å². The Morgan fingerprint density at radius 1 is 1.45 bits per heavy atom. The lowest BCUT2D eigenvalue weighted by atomic mass is 9.81. The van der Waals surface area contributed by atoms with Crippen LogP contribution >= 0.6 is 22.6 Å². The monoisotopic (exact) mass is 267 g/mol. The molecule has 6 heteroatoms. The van der Waals surface area contributed by atoms with E-state index in [0.717, 1.165) is 0 Å². The maximum Gasteiger partial charge on any atom is 0.493 e. The molecule has 1 heterocycles. The lowest BCUT2D eigenvalue weighted by molar-refractivity contribution is 0.421. The molecule has 0 atom stereocenters. The van der Waals surface area contributed by atoms with E-state index in [2.05, 4.69) is 4.98 Å². The van der Waals surface area contributed by atoms with Gasteiger partial charge in [0.25, 0.3) is 0 Å². The minimum atomic E-state index is -1.79. The molecule has 3 nitrogen and oxygen atoms in total. The minimum absolute atomic E-state index is 0.203. The minimum Gasteiger partial charge on any atom is -0.423 e. The lowest BCUT2D eigenvalue weighted by Crippen LogP contribution is -2.33. The van der Waals surface area contributed by atoms with E-state index in [-0.39, 0.29) is 5.46 Å². The van der Waals surface area contributed by atoms with Gasteiger partial charge >= 0.3 is 7.12 Å². The zero-order valence-corrected chi connectivity index (χ0v) is 7.49. The van der Waals surface area contributed by atoms with E-state index in [0.29, 0.717) is 3.70 Å². The zero-order chi connectivity index (χ0) is 8.43. The second kappa shape index (κ2) is 3.46. The molecule has 0 bridgehead atoms. The van der Waals surface area contributed by atoms with Crippen LogP contribution in [-0.2, 0) is 0 Å². The Balaban J connectivity index is 3.09. The van der Waals surface area contributed by atoms with Crippen molar-refractivity contribution in [2.24, 2.45) is 0 Å². The second-order valence-electron chi connectivity index (χ2n) is 1.89. The van der Waals surface area contributed by atoms with Crippen LogP contribution in [0.3, 0.4) is 0 Å². The standard InChI is InChI=1S/C5H4BFINO2/c7-5-3(6(10)11)1-2-4(8)9-5/h1-2,10-11H. The van der Waals surface area contributed by atoms with Gasteiger partial charge in [-0.3, -0.25) is 0 Å². The third-order valence-electron chi connectivity index (χ3n) is 1.12. The highest BCUT2D eigenvalue weighted by Crippen LogP contribution is 1.99. The highest BCUT2D eigenvalue weighted by atomic mass is 127. The molecule has 0 saturated carbocycles. The summed E-state index contributed by atoms with van der Waals surface area (Å²) in [7, 11) is -1.79. The van der Waals surface area contributed by atoms with E-state index >= 15 is 0 Å². The van der Waals surface area contributed by atoms with E-state index in [1.165, 1.54) is 12.1 Å².